The van der Waals surface area contributed by atoms with Crippen LogP contribution in [0.1, 0.15) is 24.0 Å². The Morgan fingerprint density at radius 3 is 2.57 bits per heavy atom. The van der Waals surface area contributed by atoms with Gasteiger partial charge in [0.15, 0.2) is 18.1 Å². The molecule has 5 aliphatic rings. The number of aryl methyl sites for hydroxylation is 1. The molecule has 5 aliphatic heterocycles. The summed E-state index contributed by atoms with van der Waals surface area (Å²) in [7, 11) is 3.09. The normalized spacial score (nSPS) is 20.3. The van der Waals surface area contributed by atoms with Gasteiger partial charge >= 0.3 is 0 Å². The van der Waals surface area contributed by atoms with Crippen LogP contribution < -0.4 is 24.8 Å². The van der Waals surface area contributed by atoms with Gasteiger partial charge in [-0.3, -0.25) is 14.4 Å². The molecule has 2 N–H and O–H groups in total. The molecule has 1 saturated heterocycles. The van der Waals surface area contributed by atoms with E-state index in [0.29, 0.717) is 49.9 Å². The molecule has 2 atom stereocenters. The van der Waals surface area contributed by atoms with Crippen LogP contribution in [0.25, 0.3) is 0 Å². The summed E-state index contributed by atoms with van der Waals surface area (Å²) in [5, 5.41) is 5.90. The van der Waals surface area contributed by atoms with Gasteiger partial charge in [0, 0.05) is 26.6 Å². The van der Waals surface area contributed by atoms with Gasteiger partial charge in [-0.15, -0.1) is 0 Å². The van der Waals surface area contributed by atoms with E-state index >= 15 is 0 Å². The summed E-state index contributed by atoms with van der Waals surface area (Å²) in [4.78, 5) is 39.5. The second-order valence-electron chi connectivity index (χ2n) is 9.07. The number of rotatable bonds is 4. The van der Waals surface area contributed by atoms with Gasteiger partial charge in [0.1, 0.15) is 11.9 Å². The zero-order chi connectivity index (χ0) is 26.2. The van der Waals surface area contributed by atoms with E-state index in [4.69, 9.17) is 18.9 Å². The van der Waals surface area contributed by atoms with Crippen LogP contribution in [-0.2, 0) is 32.1 Å². The Balaban J connectivity index is 1.54. The van der Waals surface area contributed by atoms with E-state index in [-0.39, 0.29) is 43.2 Å². The van der Waals surface area contributed by atoms with Crippen molar-refractivity contribution in [3.63, 3.8) is 0 Å². The lowest BCUT2D eigenvalue weighted by Gasteiger charge is -2.21. The number of hydrogen-bond acceptors (Lipinski definition) is 7. The Kier molecular flexibility index (Phi) is 8.84. The molecule has 2 aromatic rings. The maximum absolute atomic E-state index is 12.9. The average Bonchev–Trinajstić information content (AvgIpc) is 3.30. The van der Waals surface area contributed by atoms with Crippen LogP contribution in [0.4, 0.5) is 0 Å². The topological polar surface area (TPSA) is 115 Å². The predicted molar refractivity (Wildman–Crippen MR) is 135 cm³/mol. The molecule has 0 aliphatic carbocycles. The molecule has 37 heavy (non-hydrogen) atoms. The summed E-state index contributed by atoms with van der Waals surface area (Å²) in [6.45, 7) is 1.25. The second-order valence-corrected chi connectivity index (χ2v) is 9.07. The predicted octanol–water partition coefficient (Wildman–Crippen LogP) is 1.45. The van der Waals surface area contributed by atoms with Crippen LogP contribution in [-0.4, -0.2) is 75.3 Å². The molecule has 5 heterocycles. The molecule has 1 fully saturated rings. The standard InChI is InChI=1S/C27H33N3O7/c1-34-12-11-27(33)30-15-21-24(16-30)37-20-7-3-19(4-8-20)14-28-26(32)17-36-22-9-5-18(13-23(22)35-2)6-10-25(31)29-21/h3-5,7-9,13,21,24H,6,10-12,14-17H2,1-2H3,(H,28,32)(H,29,31)/t21-,24-/m0/s1. The van der Waals surface area contributed by atoms with Crippen molar-refractivity contribution >= 4 is 17.7 Å². The minimum Gasteiger partial charge on any atom is -0.493 e. The Bertz CT molecular complexity index is 1110. The van der Waals surface area contributed by atoms with Crippen molar-refractivity contribution < 1.29 is 33.3 Å². The lowest BCUT2D eigenvalue weighted by Crippen LogP contribution is -2.45. The minimum absolute atomic E-state index is 0.0433. The van der Waals surface area contributed by atoms with Crippen LogP contribution in [0.3, 0.4) is 0 Å². The molecule has 0 radical (unpaired) electrons. The van der Waals surface area contributed by atoms with E-state index in [1.165, 1.54) is 7.11 Å². The van der Waals surface area contributed by atoms with E-state index in [1.54, 1.807) is 24.1 Å². The lowest BCUT2D eigenvalue weighted by molar-refractivity contribution is -0.131. The molecule has 0 saturated carbocycles. The van der Waals surface area contributed by atoms with Gasteiger partial charge in [-0.2, -0.15) is 0 Å². The number of hydrogen-bond donors (Lipinski definition) is 2. The van der Waals surface area contributed by atoms with Crippen molar-refractivity contribution in [1.82, 2.24) is 15.5 Å². The third-order valence-electron chi connectivity index (χ3n) is 6.41. The van der Waals surface area contributed by atoms with Crippen LogP contribution in [0.2, 0.25) is 0 Å². The maximum atomic E-state index is 12.9. The molecule has 198 valence electrons. The minimum atomic E-state index is -0.400. The van der Waals surface area contributed by atoms with E-state index in [1.807, 2.05) is 30.3 Å². The highest BCUT2D eigenvalue weighted by atomic mass is 16.5. The second kappa shape index (κ2) is 12.4. The molecule has 2 aromatic carbocycles. The summed E-state index contributed by atoms with van der Waals surface area (Å²) in [5.74, 6) is 1.13. The van der Waals surface area contributed by atoms with E-state index in [2.05, 4.69) is 10.6 Å². The molecule has 0 spiro atoms. The van der Waals surface area contributed by atoms with Gasteiger partial charge in [0.25, 0.3) is 5.91 Å². The molecular weight excluding hydrogens is 478 g/mol. The molecule has 7 rings (SSSR count). The van der Waals surface area contributed by atoms with Crippen LogP contribution in [0, 0.1) is 0 Å². The smallest absolute Gasteiger partial charge is 0.258 e. The zero-order valence-electron chi connectivity index (χ0n) is 21.2. The van der Waals surface area contributed by atoms with E-state index in [9.17, 15) is 14.4 Å². The zero-order valence-corrected chi connectivity index (χ0v) is 21.2. The van der Waals surface area contributed by atoms with Gasteiger partial charge in [-0.05, 0) is 41.8 Å². The third kappa shape index (κ3) is 7.13. The summed E-state index contributed by atoms with van der Waals surface area (Å²) in [6.07, 6.45) is 0.606. The largest absolute Gasteiger partial charge is 0.493 e. The number of ether oxygens (including phenoxy) is 4. The molecule has 0 unspecified atom stereocenters. The number of amides is 3. The molecule has 0 aromatic heterocycles. The highest BCUT2D eigenvalue weighted by Gasteiger charge is 2.37. The number of methoxy groups -OCH3 is 2. The summed E-state index contributed by atoms with van der Waals surface area (Å²) < 4.78 is 22.3. The van der Waals surface area contributed by atoms with Crippen LogP contribution >= 0.6 is 0 Å². The average molecular weight is 512 g/mol. The molecule has 10 heteroatoms. The number of carbonyl (C=O) groups excluding carboxylic acids is 3. The number of likely N-dealkylation sites (tertiary alicyclic amines) is 1. The van der Waals surface area contributed by atoms with Gasteiger partial charge < -0.3 is 34.5 Å². The lowest BCUT2D eigenvalue weighted by atomic mass is 10.1. The number of carbonyl (C=O) groups is 3. The van der Waals surface area contributed by atoms with Crippen molar-refractivity contribution in [1.29, 1.82) is 0 Å². The SMILES string of the molecule is COCCC(=O)N1C[C@@H]2NC(=O)CCc3ccc(c(OC)c3)OCC(=O)NCc3ccc(cc3)O[C@H]2C1. The van der Waals surface area contributed by atoms with Gasteiger partial charge in [-0.25, -0.2) is 0 Å². The van der Waals surface area contributed by atoms with Crippen molar-refractivity contribution in [3.05, 3.63) is 53.6 Å². The van der Waals surface area contributed by atoms with Gasteiger partial charge in [0.2, 0.25) is 11.8 Å². The van der Waals surface area contributed by atoms with Gasteiger partial charge in [0.05, 0.1) is 32.7 Å². The van der Waals surface area contributed by atoms with Crippen LogP contribution in [0.5, 0.6) is 17.2 Å². The highest BCUT2D eigenvalue weighted by molar-refractivity contribution is 5.79. The fourth-order valence-corrected chi connectivity index (χ4v) is 4.36. The first-order chi connectivity index (χ1) is 17.9. The monoisotopic (exact) mass is 511 g/mol. The van der Waals surface area contributed by atoms with Crippen molar-refractivity contribution in [2.24, 2.45) is 0 Å². The Morgan fingerprint density at radius 1 is 1.03 bits per heavy atom. The molecule has 3 amide bonds. The van der Waals surface area contributed by atoms with Crippen molar-refractivity contribution in [2.45, 2.75) is 38.0 Å². The fraction of sp³-hybridized carbons (Fsp3) is 0.444. The molecular formula is C27H33N3O7. The quantitative estimate of drug-likeness (QED) is 0.638. The van der Waals surface area contributed by atoms with E-state index < -0.39 is 6.10 Å². The van der Waals surface area contributed by atoms with Gasteiger partial charge in [-0.1, -0.05) is 18.2 Å². The molecule has 4 bridgehead atoms. The fourth-order valence-electron chi connectivity index (χ4n) is 4.36. The Morgan fingerprint density at radius 2 is 1.81 bits per heavy atom. The Hall–Kier alpha value is -3.79. The summed E-state index contributed by atoms with van der Waals surface area (Å²) in [6, 6.07) is 12.4. The first kappa shape index (κ1) is 26.3. The maximum Gasteiger partial charge on any atom is 0.258 e. The first-order valence-electron chi connectivity index (χ1n) is 12.3. The summed E-state index contributed by atoms with van der Waals surface area (Å²) in [5.41, 5.74) is 1.79. The number of nitrogens with zero attached hydrogens (tertiary/aromatic N) is 1. The number of benzene rings is 2. The van der Waals surface area contributed by atoms with Crippen molar-refractivity contribution in [3.8, 4) is 17.2 Å². The number of nitrogens with one attached hydrogen (secondary N) is 2. The first-order valence-corrected chi connectivity index (χ1v) is 12.3. The molecule has 10 nitrogen and oxygen atoms in total. The summed E-state index contributed by atoms with van der Waals surface area (Å²) >= 11 is 0. The van der Waals surface area contributed by atoms with Crippen molar-refractivity contribution in [2.75, 3.05) is 40.5 Å². The third-order valence-corrected chi connectivity index (χ3v) is 6.41. The van der Waals surface area contributed by atoms with Crippen LogP contribution in [0.15, 0.2) is 42.5 Å². The van der Waals surface area contributed by atoms with E-state index in [0.717, 1.165) is 11.1 Å². The Labute approximate surface area is 216 Å². The highest BCUT2D eigenvalue weighted by Crippen LogP contribution is 2.28.